The number of aryl methyl sites for hydroxylation is 1. The number of amides is 1. The number of hydrogen-bond acceptors (Lipinski definition) is 6. The van der Waals surface area contributed by atoms with Gasteiger partial charge in [0.2, 0.25) is 5.78 Å². The van der Waals surface area contributed by atoms with E-state index < -0.39 is 0 Å². The molecule has 1 amide bonds. The van der Waals surface area contributed by atoms with Crippen LogP contribution in [0.25, 0.3) is 16.7 Å². The van der Waals surface area contributed by atoms with Gasteiger partial charge < -0.3 is 15.0 Å². The minimum atomic E-state index is -0.0724. The number of hydrogen-bond donors (Lipinski definition) is 1. The van der Waals surface area contributed by atoms with Gasteiger partial charge in [-0.3, -0.25) is 18.6 Å². The predicted molar refractivity (Wildman–Crippen MR) is 121 cm³/mol. The first kappa shape index (κ1) is 20.2. The Morgan fingerprint density at radius 2 is 1.91 bits per heavy atom. The molecule has 0 bridgehead atoms. The van der Waals surface area contributed by atoms with Gasteiger partial charge in [0, 0.05) is 30.9 Å². The Bertz CT molecular complexity index is 1350. The van der Waals surface area contributed by atoms with Crippen LogP contribution in [0, 0.1) is 0 Å². The number of carbonyl (C=O) groups excluding carboxylic acids is 1. The topological polar surface area (TPSA) is 93.8 Å². The molecule has 9 heteroatoms. The summed E-state index contributed by atoms with van der Waals surface area (Å²) in [7, 11) is 0. The summed E-state index contributed by atoms with van der Waals surface area (Å²) in [6, 6.07) is 14.9. The Hall–Kier alpha value is -3.72. The number of ether oxygens (including phenoxy) is 1. The maximum Gasteiger partial charge on any atom is 0.262 e. The molecular formula is C23H24N6O3. The summed E-state index contributed by atoms with van der Waals surface area (Å²) in [5.74, 6) is 1.20. The number of morpholine rings is 1. The van der Waals surface area contributed by atoms with E-state index in [-0.39, 0.29) is 11.5 Å². The van der Waals surface area contributed by atoms with Crippen LogP contribution in [-0.4, -0.2) is 56.3 Å². The largest absolute Gasteiger partial charge is 0.378 e. The van der Waals surface area contributed by atoms with Crippen molar-refractivity contribution in [3.05, 3.63) is 70.3 Å². The van der Waals surface area contributed by atoms with E-state index in [0.29, 0.717) is 61.9 Å². The fourth-order valence-electron chi connectivity index (χ4n) is 4.11. The zero-order valence-corrected chi connectivity index (χ0v) is 17.8. The maximum absolute atomic E-state index is 12.8. The number of benzene rings is 2. The van der Waals surface area contributed by atoms with E-state index in [0.717, 1.165) is 11.2 Å². The fourth-order valence-corrected chi connectivity index (χ4v) is 4.11. The highest BCUT2D eigenvalue weighted by Gasteiger charge is 2.19. The second-order valence-electron chi connectivity index (χ2n) is 7.66. The van der Waals surface area contributed by atoms with Gasteiger partial charge in [-0.05, 0) is 37.3 Å². The van der Waals surface area contributed by atoms with E-state index in [2.05, 4.69) is 15.5 Å². The molecule has 0 unspecified atom stereocenters. The predicted octanol–water partition coefficient (Wildman–Crippen LogP) is 2.15. The molecule has 32 heavy (non-hydrogen) atoms. The SMILES string of the molecule is CCn1c(=O)c2ccccc2n2c(CNc3cccc(C(=O)N4CCOCC4)c3)nnc12. The van der Waals surface area contributed by atoms with E-state index >= 15 is 0 Å². The number of nitrogens with zero attached hydrogens (tertiary/aromatic N) is 5. The van der Waals surface area contributed by atoms with Crippen molar-refractivity contribution in [1.82, 2.24) is 24.1 Å². The average molecular weight is 432 g/mol. The summed E-state index contributed by atoms with van der Waals surface area (Å²) in [5.41, 5.74) is 2.15. The van der Waals surface area contributed by atoms with Gasteiger partial charge in [-0.15, -0.1) is 10.2 Å². The molecule has 164 valence electrons. The van der Waals surface area contributed by atoms with Crippen molar-refractivity contribution in [2.75, 3.05) is 31.6 Å². The molecule has 1 aliphatic rings. The molecule has 1 saturated heterocycles. The Morgan fingerprint density at radius 1 is 1.09 bits per heavy atom. The monoisotopic (exact) mass is 432 g/mol. The van der Waals surface area contributed by atoms with Gasteiger partial charge in [0.1, 0.15) is 0 Å². The number of aromatic nitrogens is 4. The van der Waals surface area contributed by atoms with Crippen molar-refractivity contribution < 1.29 is 9.53 Å². The van der Waals surface area contributed by atoms with Gasteiger partial charge in [0.05, 0.1) is 30.7 Å². The minimum Gasteiger partial charge on any atom is -0.378 e. The van der Waals surface area contributed by atoms with E-state index in [1.54, 1.807) is 4.57 Å². The number of anilines is 1. The maximum atomic E-state index is 12.8. The smallest absolute Gasteiger partial charge is 0.262 e. The van der Waals surface area contributed by atoms with Crippen LogP contribution in [0.15, 0.2) is 53.3 Å². The summed E-state index contributed by atoms with van der Waals surface area (Å²) >= 11 is 0. The molecule has 2 aromatic heterocycles. The molecule has 1 fully saturated rings. The first-order chi connectivity index (χ1) is 15.7. The standard InChI is InChI=1S/C23H24N6O3/c1-2-28-22(31)18-8-3-4-9-19(18)29-20(25-26-23(28)29)15-24-17-7-5-6-16(14-17)21(30)27-10-12-32-13-11-27/h3-9,14,24H,2,10-13,15H2,1H3. The molecule has 1 aliphatic heterocycles. The highest BCUT2D eigenvalue weighted by molar-refractivity contribution is 5.95. The number of para-hydroxylation sites is 1. The van der Waals surface area contributed by atoms with Crippen molar-refractivity contribution in [2.24, 2.45) is 0 Å². The lowest BCUT2D eigenvalue weighted by Gasteiger charge is -2.27. The van der Waals surface area contributed by atoms with Crippen LogP contribution >= 0.6 is 0 Å². The zero-order valence-electron chi connectivity index (χ0n) is 17.8. The lowest BCUT2D eigenvalue weighted by Crippen LogP contribution is -2.40. The Kier molecular flexibility index (Phi) is 5.32. The summed E-state index contributed by atoms with van der Waals surface area (Å²) in [6.07, 6.45) is 0. The first-order valence-electron chi connectivity index (χ1n) is 10.7. The molecule has 0 aliphatic carbocycles. The van der Waals surface area contributed by atoms with Gasteiger partial charge in [0.25, 0.3) is 11.5 Å². The molecule has 3 heterocycles. The molecule has 0 spiro atoms. The molecule has 5 rings (SSSR count). The molecule has 4 aromatic rings. The second kappa shape index (κ2) is 8.43. The molecule has 0 saturated carbocycles. The van der Waals surface area contributed by atoms with Gasteiger partial charge in [-0.1, -0.05) is 18.2 Å². The number of fused-ring (bicyclic) bond motifs is 3. The minimum absolute atomic E-state index is 0.00262. The molecule has 1 N–H and O–H groups in total. The number of rotatable bonds is 5. The Morgan fingerprint density at radius 3 is 2.72 bits per heavy atom. The fraction of sp³-hybridized carbons (Fsp3) is 0.304. The van der Waals surface area contributed by atoms with Crippen LogP contribution in [0.3, 0.4) is 0 Å². The van der Waals surface area contributed by atoms with Gasteiger partial charge >= 0.3 is 0 Å². The van der Waals surface area contributed by atoms with Crippen LogP contribution < -0.4 is 10.9 Å². The molecular weight excluding hydrogens is 408 g/mol. The van der Waals surface area contributed by atoms with E-state index in [1.165, 1.54) is 0 Å². The average Bonchev–Trinajstić information content (AvgIpc) is 3.27. The normalized spacial score (nSPS) is 14.2. The van der Waals surface area contributed by atoms with Crippen LogP contribution in [0.2, 0.25) is 0 Å². The van der Waals surface area contributed by atoms with Crippen LogP contribution in [0.5, 0.6) is 0 Å². The lowest BCUT2D eigenvalue weighted by atomic mass is 10.1. The quantitative estimate of drug-likeness (QED) is 0.519. The summed E-state index contributed by atoms with van der Waals surface area (Å²) < 4.78 is 8.87. The third-order valence-electron chi connectivity index (χ3n) is 5.75. The molecule has 9 nitrogen and oxygen atoms in total. The van der Waals surface area contributed by atoms with E-state index in [9.17, 15) is 9.59 Å². The third kappa shape index (κ3) is 3.50. The Labute approximate surface area is 184 Å². The van der Waals surface area contributed by atoms with Crippen molar-refractivity contribution in [3.63, 3.8) is 0 Å². The van der Waals surface area contributed by atoms with Crippen molar-refractivity contribution >= 4 is 28.3 Å². The van der Waals surface area contributed by atoms with Crippen molar-refractivity contribution in [2.45, 2.75) is 20.0 Å². The molecule has 2 aromatic carbocycles. The molecule has 0 atom stereocenters. The van der Waals surface area contributed by atoms with E-state index in [1.807, 2.05) is 64.8 Å². The highest BCUT2D eigenvalue weighted by Crippen LogP contribution is 2.17. The molecule has 0 radical (unpaired) electrons. The second-order valence-corrected chi connectivity index (χ2v) is 7.66. The van der Waals surface area contributed by atoms with Gasteiger partial charge in [-0.2, -0.15) is 0 Å². The van der Waals surface area contributed by atoms with Gasteiger partial charge in [0.15, 0.2) is 5.82 Å². The number of nitrogens with one attached hydrogen (secondary N) is 1. The first-order valence-corrected chi connectivity index (χ1v) is 10.7. The van der Waals surface area contributed by atoms with Crippen LogP contribution in [-0.2, 0) is 17.8 Å². The lowest BCUT2D eigenvalue weighted by molar-refractivity contribution is 0.0303. The summed E-state index contributed by atoms with van der Waals surface area (Å²) in [4.78, 5) is 27.4. The summed E-state index contributed by atoms with van der Waals surface area (Å²) in [6.45, 7) is 5.16. The van der Waals surface area contributed by atoms with Crippen LogP contribution in [0.1, 0.15) is 23.1 Å². The van der Waals surface area contributed by atoms with Gasteiger partial charge in [-0.25, -0.2) is 0 Å². The summed E-state index contributed by atoms with van der Waals surface area (Å²) in [5, 5.41) is 12.6. The Balaban J connectivity index is 1.44. The highest BCUT2D eigenvalue weighted by atomic mass is 16.5. The van der Waals surface area contributed by atoms with E-state index in [4.69, 9.17) is 4.74 Å². The third-order valence-corrected chi connectivity index (χ3v) is 5.75. The van der Waals surface area contributed by atoms with Crippen molar-refractivity contribution in [3.8, 4) is 0 Å². The zero-order chi connectivity index (χ0) is 22.1. The van der Waals surface area contributed by atoms with Crippen molar-refractivity contribution in [1.29, 1.82) is 0 Å². The number of carbonyl (C=O) groups is 1. The van der Waals surface area contributed by atoms with Crippen LogP contribution in [0.4, 0.5) is 5.69 Å².